The Kier molecular flexibility index (Phi) is 4.16. The Labute approximate surface area is 188 Å². The Bertz CT molecular complexity index is 1530. The molecule has 8 nitrogen and oxygen atoms in total. The van der Waals surface area contributed by atoms with Gasteiger partial charge in [-0.15, -0.1) is 5.10 Å². The lowest BCUT2D eigenvalue weighted by atomic mass is 10.0. The van der Waals surface area contributed by atoms with E-state index < -0.39 is 6.04 Å². The topological polar surface area (TPSA) is 93.6 Å². The van der Waals surface area contributed by atoms with E-state index in [-0.39, 0.29) is 11.8 Å². The maximum Gasteiger partial charge on any atom is 0.262 e. The quantitative estimate of drug-likeness (QED) is 0.394. The predicted octanol–water partition coefficient (Wildman–Crippen LogP) is 4.07. The molecule has 2 aromatic carbocycles. The fourth-order valence-corrected chi connectivity index (χ4v) is 4.43. The number of rotatable bonds is 4. The number of amides is 2. The Morgan fingerprint density at radius 2 is 1.61 bits per heavy atom. The van der Waals surface area contributed by atoms with Crippen LogP contribution in [0.25, 0.3) is 16.7 Å². The van der Waals surface area contributed by atoms with E-state index in [1.807, 2.05) is 44.2 Å². The summed E-state index contributed by atoms with van der Waals surface area (Å²) in [5, 5.41) is 5.41. The summed E-state index contributed by atoms with van der Waals surface area (Å²) in [6, 6.07) is 15.9. The number of hydrogen-bond donors (Lipinski definition) is 0. The molecular formula is C25H19N5O3. The molecule has 0 N–H and O–H groups in total. The Morgan fingerprint density at radius 1 is 0.939 bits per heavy atom. The van der Waals surface area contributed by atoms with Crippen LogP contribution in [0, 0.1) is 13.8 Å². The summed E-state index contributed by atoms with van der Waals surface area (Å²) in [4.78, 5) is 37.1. The van der Waals surface area contributed by atoms with E-state index in [0.29, 0.717) is 34.7 Å². The van der Waals surface area contributed by atoms with Gasteiger partial charge in [-0.05, 0) is 31.5 Å². The zero-order valence-electron chi connectivity index (χ0n) is 18.0. The number of carbonyl (C=O) groups excluding carboxylic acids is 2. The molecule has 8 heteroatoms. The van der Waals surface area contributed by atoms with Crippen molar-refractivity contribution in [1.82, 2.24) is 24.5 Å². The SMILES string of the molecule is Cc1oc2ncn3nc(C(Cc4ccccc4)N4C(=O)c5ccccc5C4=O)nc3c2c1C. The minimum Gasteiger partial charge on any atom is -0.443 e. The third kappa shape index (κ3) is 2.87. The van der Waals surface area contributed by atoms with Crippen LogP contribution in [0.5, 0.6) is 0 Å². The molecule has 1 unspecified atom stereocenters. The number of carbonyl (C=O) groups is 2. The summed E-state index contributed by atoms with van der Waals surface area (Å²) in [6.07, 6.45) is 1.93. The lowest BCUT2D eigenvalue weighted by Crippen LogP contribution is -2.36. The van der Waals surface area contributed by atoms with Crippen LogP contribution in [0.2, 0.25) is 0 Å². The second-order valence-corrected chi connectivity index (χ2v) is 8.18. The van der Waals surface area contributed by atoms with Crippen molar-refractivity contribution >= 4 is 28.6 Å². The lowest BCUT2D eigenvalue weighted by Gasteiger charge is -2.24. The van der Waals surface area contributed by atoms with Gasteiger partial charge in [0.2, 0.25) is 5.71 Å². The van der Waals surface area contributed by atoms with Gasteiger partial charge in [-0.3, -0.25) is 14.5 Å². The summed E-state index contributed by atoms with van der Waals surface area (Å²) in [6.45, 7) is 3.82. The van der Waals surface area contributed by atoms with Crippen LogP contribution in [0.15, 0.2) is 65.3 Å². The monoisotopic (exact) mass is 437 g/mol. The molecule has 2 amide bonds. The molecule has 1 aliphatic heterocycles. The minimum atomic E-state index is -0.678. The summed E-state index contributed by atoms with van der Waals surface area (Å²) >= 11 is 0. The zero-order valence-corrected chi connectivity index (χ0v) is 18.0. The highest BCUT2D eigenvalue weighted by Gasteiger charge is 2.42. The number of aromatic nitrogens is 4. The molecule has 1 aliphatic rings. The van der Waals surface area contributed by atoms with Gasteiger partial charge in [-0.2, -0.15) is 0 Å². The largest absolute Gasteiger partial charge is 0.443 e. The normalized spacial score (nSPS) is 14.4. The molecule has 3 aromatic heterocycles. The van der Waals surface area contributed by atoms with Crippen LogP contribution in [0.4, 0.5) is 0 Å². The average molecular weight is 437 g/mol. The Balaban J connectivity index is 1.53. The third-order valence-electron chi connectivity index (χ3n) is 6.23. The van der Waals surface area contributed by atoms with Crippen LogP contribution in [0.1, 0.15) is 49.5 Å². The fraction of sp³-hybridized carbons (Fsp3) is 0.160. The van der Waals surface area contributed by atoms with E-state index in [0.717, 1.165) is 22.3 Å². The second kappa shape index (κ2) is 7.09. The van der Waals surface area contributed by atoms with Crippen LogP contribution < -0.4 is 0 Å². The molecule has 0 saturated heterocycles. The van der Waals surface area contributed by atoms with E-state index in [1.54, 1.807) is 35.1 Å². The number of fused-ring (bicyclic) bond motifs is 4. The number of benzene rings is 2. The van der Waals surface area contributed by atoms with Gasteiger partial charge < -0.3 is 4.42 Å². The van der Waals surface area contributed by atoms with Gasteiger partial charge >= 0.3 is 0 Å². The molecular weight excluding hydrogens is 418 g/mol. The second-order valence-electron chi connectivity index (χ2n) is 8.18. The molecule has 0 aliphatic carbocycles. The summed E-state index contributed by atoms with van der Waals surface area (Å²) in [5.41, 5.74) is 3.76. The van der Waals surface area contributed by atoms with Gasteiger partial charge in [-0.1, -0.05) is 42.5 Å². The van der Waals surface area contributed by atoms with Crippen LogP contribution in [0.3, 0.4) is 0 Å². The van der Waals surface area contributed by atoms with Crippen molar-refractivity contribution in [2.75, 3.05) is 0 Å². The molecule has 33 heavy (non-hydrogen) atoms. The first-order chi connectivity index (χ1) is 16.0. The van der Waals surface area contributed by atoms with E-state index >= 15 is 0 Å². The summed E-state index contributed by atoms with van der Waals surface area (Å²) in [5.74, 6) is 0.459. The number of imide groups is 1. The van der Waals surface area contributed by atoms with Crippen LogP contribution in [-0.2, 0) is 6.42 Å². The number of aryl methyl sites for hydroxylation is 2. The van der Waals surface area contributed by atoms with Crippen molar-refractivity contribution in [3.8, 4) is 0 Å². The van der Waals surface area contributed by atoms with E-state index in [9.17, 15) is 9.59 Å². The summed E-state index contributed by atoms with van der Waals surface area (Å²) < 4.78 is 7.32. The van der Waals surface area contributed by atoms with E-state index in [4.69, 9.17) is 9.40 Å². The first kappa shape index (κ1) is 19.4. The lowest BCUT2D eigenvalue weighted by molar-refractivity contribution is 0.0574. The smallest absolute Gasteiger partial charge is 0.262 e. The maximum absolute atomic E-state index is 13.3. The average Bonchev–Trinajstić information content (AvgIpc) is 3.46. The summed E-state index contributed by atoms with van der Waals surface area (Å²) in [7, 11) is 0. The van der Waals surface area contributed by atoms with E-state index in [1.165, 1.54) is 4.90 Å². The standard InChI is InChI=1S/C25H19N5O3/c1-14-15(2)33-23-20(14)22-27-21(28-29(22)13-26-23)19(12-16-8-4-3-5-9-16)30-24(31)17-10-6-7-11-18(17)25(30)32/h3-11,13,19H,12H2,1-2H3. The molecule has 0 spiro atoms. The molecule has 0 bridgehead atoms. The third-order valence-corrected chi connectivity index (χ3v) is 6.23. The molecule has 0 radical (unpaired) electrons. The molecule has 1 atom stereocenters. The van der Waals surface area contributed by atoms with Gasteiger partial charge in [0.1, 0.15) is 18.1 Å². The van der Waals surface area contributed by atoms with E-state index in [2.05, 4.69) is 10.1 Å². The Hall–Kier alpha value is -4.33. The van der Waals surface area contributed by atoms with Gasteiger partial charge in [-0.25, -0.2) is 14.5 Å². The number of nitrogens with zero attached hydrogens (tertiary/aromatic N) is 5. The highest BCUT2D eigenvalue weighted by Crippen LogP contribution is 2.34. The van der Waals surface area contributed by atoms with Crippen molar-refractivity contribution in [2.45, 2.75) is 26.3 Å². The molecule has 4 heterocycles. The van der Waals surface area contributed by atoms with Crippen LogP contribution >= 0.6 is 0 Å². The van der Waals surface area contributed by atoms with Gasteiger partial charge in [0.25, 0.3) is 11.8 Å². The number of hydrogen-bond acceptors (Lipinski definition) is 6. The molecule has 0 saturated carbocycles. The molecule has 162 valence electrons. The predicted molar refractivity (Wildman–Crippen MR) is 120 cm³/mol. The van der Waals surface area contributed by atoms with Crippen molar-refractivity contribution in [3.05, 3.63) is 94.8 Å². The number of furan rings is 1. The Morgan fingerprint density at radius 3 is 2.30 bits per heavy atom. The van der Waals surface area contributed by atoms with Gasteiger partial charge in [0, 0.05) is 12.0 Å². The van der Waals surface area contributed by atoms with Crippen molar-refractivity contribution in [3.63, 3.8) is 0 Å². The van der Waals surface area contributed by atoms with Crippen molar-refractivity contribution < 1.29 is 14.0 Å². The molecule has 5 aromatic rings. The molecule has 6 rings (SSSR count). The first-order valence-electron chi connectivity index (χ1n) is 10.6. The first-order valence-corrected chi connectivity index (χ1v) is 10.6. The van der Waals surface area contributed by atoms with Gasteiger partial charge in [0.15, 0.2) is 11.5 Å². The highest BCUT2D eigenvalue weighted by atomic mass is 16.3. The molecule has 0 fully saturated rings. The van der Waals surface area contributed by atoms with Crippen molar-refractivity contribution in [1.29, 1.82) is 0 Å². The maximum atomic E-state index is 13.3. The fourth-order valence-electron chi connectivity index (χ4n) is 4.43. The highest BCUT2D eigenvalue weighted by molar-refractivity contribution is 6.21. The van der Waals surface area contributed by atoms with Crippen LogP contribution in [-0.4, -0.2) is 36.3 Å². The van der Waals surface area contributed by atoms with Crippen molar-refractivity contribution in [2.24, 2.45) is 0 Å². The zero-order chi connectivity index (χ0) is 22.7. The van der Waals surface area contributed by atoms with Gasteiger partial charge in [0.05, 0.1) is 16.5 Å². The minimum absolute atomic E-state index is 0.339.